The first kappa shape index (κ1) is 36.1. The second-order valence-corrected chi connectivity index (χ2v) is 16.7. The predicted molar refractivity (Wildman–Crippen MR) is 186 cm³/mol. The number of H-pyrrole nitrogens is 1. The van der Waals surface area contributed by atoms with Crippen molar-refractivity contribution in [1.82, 2.24) is 24.7 Å². The van der Waals surface area contributed by atoms with E-state index in [-0.39, 0.29) is 51.7 Å². The Kier molecular flexibility index (Phi) is 9.51. The van der Waals surface area contributed by atoms with Gasteiger partial charge < -0.3 is 14.8 Å². The highest BCUT2D eigenvalue weighted by atomic mass is 32.2. The van der Waals surface area contributed by atoms with Gasteiger partial charge in [-0.2, -0.15) is 9.49 Å². The highest BCUT2D eigenvalue weighted by Gasteiger charge is 2.36. The van der Waals surface area contributed by atoms with E-state index in [1.165, 1.54) is 23.1 Å². The minimum absolute atomic E-state index is 0.00626. The van der Waals surface area contributed by atoms with Crippen molar-refractivity contribution in [3.8, 4) is 22.9 Å². The first-order valence-corrected chi connectivity index (χ1v) is 18.5. The van der Waals surface area contributed by atoms with E-state index >= 15 is 13.2 Å². The fourth-order valence-electron chi connectivity index (χ4n) is 6.97. The zero-order valence-electron chi connectivity index (χ0n) is 29.1. The number of aromatic amines is 1. The SMILES string of the molecule is C[C@@H](Cc1cccc([C@@]2(C)CCCC(C)(C)CS(=O)(=O)CCc3c(c(F)c(F)c4[nH]cnc34)Oc3ccc(F)c(c3)-c3nc2nn3C)c1)C(=O)O. The molecule has 0 saturated heterocycles. The Balaban J connectivity index is 1.51. The smallest absolute Gasteiger partial charge is 0.306 e. The lowest BCUT2D eigenvalue weighted by Gasteiger charge is -2.31. The molecule has 270 valence electrons. The Morgan fingerprint density at radius 1 is 1.10 bits per heavy atom. The van der Waals surface area contributed by atoms with Crippen LogP contribution in [0.15, 0.2) is 48.8 Å². The summed E-state index contributed by atoms with van der Waals surface area (Å²) in [5.74, 6) is -5.32. The van der Waals surface area contributed by atoms with Crippen molar-refractivity contribution in [2.45, 2.75) is 65.2 Å². The number of carboxylic acid groups (broad SMARTS) is 1. The number of carboxylic acids is 1. The van der Waals surface area contributed by atoms with E-state index in [0.717, 1.165) is 17.2 Å². The van der Waals surface area contributed by atoms with Gasteiger partial charge in [0.15, 0.2) is 33.1 Å². The number of benzene rings is 3. The molecule has 0 saturated carbocycles. The molecule has 0 amide bonds. The van der Waals surface area contributed by atoms with Crippen LogP contribution in [0.5, 0.6) is 11.5 Å². The minimum atomic E-state index is -3.73. The molecule has 0 radical (unpaired) electrons. The number of fused-ring (bicyclic) bond motifs is 8. The van der Waals surface area contributed by atoms with Gasteiger partial charge in [0.05, 0.1) is 40.2 Å². The van der Waals surface area contributed by atoms with E-state index in [9.17, 15) is 18.3 Å². The molecule has 2 aromatic heterocycles. The Morgan fingerprint density at radius 3 is 2.61 bits per heavy atom. The normalized spacial score (nSPS) is 19.8. The number of halogens is 3. The number of carbonyl (C=O) groups is 1. The molecular weight excluding hydrogens is 683 g/mol. The second-order valence-electron chi connectivity index (χ2n) is 14.5. The van der Waals surface area contributed by atoms with Crippen LogP contribution in [0.3, 0.4) is 0 Å². The van der Waals surface area contributed by atoms with Crippen molar-refractivity contribution in [2.24, 2.45) is 18.4 Å². The standard InChI is InChI=1S/C37H40F3N5O5S/c1-21(34(46)47)16-22-8-6-9-23(17-22)37(4)14-7-13-36(2,3)19-51(48,49)15-12-25-30-31(42-20-41-30)28(39)29(40)32(25)50-24-10-11-27(38)26(18-24)33-43-35(37)44-45(33)5/h6,8-11,17-18,20-21H,7,12-16,19H2,1-5H3,(H,41,42)(H,46,47)/t21-,37+/m0/s1. The number of hydrogen-bond donors (Lipinski definition) is 2. The Labute approximate surface area is 294 Å². The molecule has 3 aromatic carbocycles. The zero-order valence-corrected chi connectivity index (χ0v) is 29.9. The van der Waals surface area contributed by atoms with Crippen LogP contribution < -0.4 is 4.74 Å². The highest BCUT2D eigenvalue weighted by molar-refractivity contribution is 7.91. The van der Waals surface area contributed by atoms with Crippen LogP contribution in [0.1, 0.15) is 69.5 Å². The number of aromatic nitrogens is 5. The number of aryl methyl sites for hydroxylation is 2. The molecule has 6 rings (SSSR count). The van der Waals surface area contributed by atoms with Gasteiger partial charge in [-0.15, -0.1) is 0 Å². The maximum absolute atomic E-state index is 15.7. The summed E-state index contributed by atoms with van der Waals surface area (Å²) in [5, 5.41) is 14.3. The molecule has 2 N–H and O–H groups in total. The summed E-state index contributed by atoms with van der Waals surface area (Å²) in [6.07, 6.45) is 2.88. The maximum atomic E-state index is 15.7. The number of aliphatic carboxylic acids is 1. The molecular formula is C37H40F3N5O5S. The lowest BCUT2D eigenvalue weighted by atomic mass is 9.75. The van der Waals surface area contributed by atoms with E-state index < -0.39 is 55.8 Å². The van der Waals surface area contributed by atoms with Gasteiger partial charge in [-0.25, -0.2) is 31.8 Å². The van der Waals surface area contributed by atoms with Crippen LogP contribution in [0.4, 0.5) is 13.2 Å². The number of hydrogen-bond acceptors (Lipinski definition) is 7. The van der Waals surface area contributed by atoms with Crippen LogP contribution in [-0.2, 0) is 39.9 Å². The topological polar surface area (TPSA) is 140 Å². The molecule has 0 spiro atoms. The van der Waals surface area contributed by atoms with Crippen molar-refractivity contribution in [3.63, 3.8) is 0 Å². The molecule has 0 aliphatic carbocycles. The van der Waals surface area contributed by atoms with Gasteiger partial charge in [0.2, 0.25) is 5.82 Å². The van der Waals surface area contributed by atoms with Crippen molar-refractivity contribution >= 4 is 26.8 Å². The van der Waals surface area contributed by atoms with Gasteiger partial charge >= 0.3 is 5.97 Å². The average Bonchev–Trinajstić information content (AvgIpc) is 3.70. The quantitative estimate of drug-likeness (QED) is 0.197. The zero-order chi connectivity index (χ0) is 36.9. The van der Waals surface area contributed by atoms with Gasteiger partial charge in [0, 0.05) is 12.6 Å². The molecule has 2 atom stereocenters. The highest BCUT2D eigenvalue weighted by Crippen LogP contribution is 2.41. The number of ether oxygens (including phenoxy) is 1. The van der Waals surface area contributed by atoms with E-state index in [0.29, 0.717) is 31.5 Å². The Morgan fingerprint density at radius 2 is 1.86 bits per heavy atom. The average molecular weight is 724 g/mol. The number of imidazole rings is 1. The summed E-state index contributed by atoms with van der Waals surface area (Å²) in [6, 6.07) is 11.3. The predicted octanol–water partition coefficient (Wildman–Crippen LogP) is 7.30. The number of sulfone groups is 1. The second kappa shape index (κ2) is 13.4. The van der Waals surface area contributed by atoms with Crippen LogP contribution in [-0.4, -0.2) is 55.7 Å². The molecule has 3 heterocycles. The monoisotopic (exact) mass is 723 g/mol. The largest absolute Gasteiger partial charge is 0.481 e. The third-order valence-corrected chi connectivity index (χ3v) is 11.8. The molecule has 10 nitrogen and oxygen atoms in total. The summed E-state index contributed by atoms with van der Waals surface area (Å²) >= 11 is 0. The Bertz CT molecular complexity index is 2250. The molecule has 14 heteroatoms. The van der Waals surface area contributed by atoms with E-state index in [4.69, 9.17) is 14.8 Å². The minimum Gasteiger partial charge on any atom is -0.481 e. The molecule has 5 aromatic rings. The van der Waals surface area contributed by atoms with E-state index in [2.05, 4.69) is 9.97 Å². The molecule has 1 aliphatic rings. The van der Waals surface area contributed by atoms with Crippen LogP contribution >= 0.6 is 0 Å². The van der Waals surface area contributed by atoms with Crippen LogP contribution in [0, 0.1) is 28.8 Å². The number of rotatable bonds is 4. The van der Waals surface area contributed by atoms with Crippen LogP contribution in [0.25, 0.3) is 22.4 Å². The fraction of sp³-hybridized carbons (Fsp3) is 0.405. The summed E-state index contributed by atoms with van der Waals surface area (Å²) in [4.78, 5) is 23.2. The molecule has 0 fully saturated rings. The maximum Gasteiger partial charge on any atom is 0.306 e. The first-order chi connectivity index (χ1) is 24.0. The first-order valence-electron chi connectivity index (χ1n) is 16.7. The third kappa shape index (κ3) is 7.23. The Hall–Kier alpha value is -4.72. The van der Waals surface area contributed by atoms with Crippen molar-refractivity contribution < 1.29 is 36.2 Å². The van der Waals surface area contributed by atoms with Gasteiger partial charge in [0.25, 0.3) is 0 Å². The lowest BCUT2D eigenvalue weighted by molar-refractivity contribution is -0.141. The van der Waals surface area contributed by atoms with Crippen LogP contribution in [0.2, 0.25) is 0 Å². The molecule has 51 heavy (non-hydrogen) atoms. The van der Waals surface area contributed by atoms with Gasteiger partial charge in [0.1, 0.15) is 17.1 Å². The van der Waals surface area contributed by atoms with Crippen molar-refractivity contribution in [3.05, 3.63) is 88.8 Å². The molecule has 0 unspecified atom stereocenters. The molecule has 1 aliphatic heterocycles. The van der Waals surface area contributed by atoms with E-state index in [1.807, 2.05) is 45.0 Å². The van der Waals surface area contributed by atoms with Gasteiger partial charge in [-0.1, -0.05) is 51.5 Å². The number of nitrogens with zero attached hydrogens (tertiary/aromatic N) is 4. The lowest BCUT2D eigenvalue weighted by Crippen LogP contribution is -2.29. The summed E-state index contributed by atoms with van der Waals surface area (Å²) in [5.41, 5.74) is 0.00664. The van der Waals surface area contributed by atoms with E-state index in [1.54, 1.807) is 14.0 Å². The third-order valence-electron chi connectivity index (χ3n) is 9.80. The summed E-state index contributed by atoms with van der Waals surface area (Å²) in [7, 11) is -2.10. The summed E-state index contributed by atoms with van der Waals surface area (Å²) < 4.78 is 81.0. The van der Waals surface area contributed by atoms with Gasteiger partial charge in [-0.05, 0) is 67.3 Å². The summed E-state index contributed by atoms with van der Waals surface area (Å²) in [6.45, 7) is 7.36. The fourth-order valence-corrected chi connectivity index (χ4v) is 8.97. The number of nitrogens with one attached hydrogen (secondary N) is 1. The van der Waals surface area contributed by atoms with Crippen molar-refractivity contribution in [1.29, 1.82) is 0 Å². The van der Waals surface area contributed by atoms with Gasteiger partial charge in [-0.3, -0.25) is 4.79 Å². The van der Waals surface area contributed by atoms with Crippen molar-refractivity contribution in [2.75, 3.05) is 11.5 Å². The molecule has 4 bridgehead atoms.